The number of benzene rings is 1. The molecular weight excluding hydrogens is 273 g/mol. The summed E-state index contributed by atoms with van der Waals surface area (Å²) >= 11 is 11.2. The Kier molecular flexibility index (Phi) is 5.20. The molecule has 2 N–H and O–H groups in total. The molecule has 0 atom stereocenters. The second-order valence-corrected chi connectivity index (χ2v) is 3.43. The van der Waals surface area contributed by atoms with Crippen molar-refractivity contribution < 1.29 is 25.6 Å². The zero-order valence-corrected chi connectivity index (χ0v) is 9.47. The molecule has 0 saturated carbocycles. The third-order valence-electron chi connectivity index (χ3n) is 1.67. The Labute approximate surface area is 101 Å². The molecule has 86 valence electrons. The van der Waals surface area contributed by atoms with Crippen LogP contribution in [0.4, 0.5) is 13.2 Å². The van der Waals surface area contributed by atoms with Crippen molar-refractivity contribution in [2.75, 3.05) is 0 Å². The van der Waals surface area contributed by atoms with Crippen molar-refractivity contribution in [3.8, 4) is 0 Å². The van der Waals surface area contributed by atoms with Crippen molar-refractivity contribution in [1.29, 1.82) is 0 Å². The molecule has 0 aromatic heterocycles. The van der Waals surface area contributed by atoms with Crippen molar-refractivity contribution in [3.63, 3.8) is 0 Å². The van der Waals surface area contributed by atoms with Gasteiger partial charge in [0.25, 0.3) is 0 Å². The van der Waals surface area contributed by atoms with E-state index in [2.05, 4.69) is 0 Å². The van der Waals surface area contributed by atoms with Crippen LogP contribution in [0, 0.1) is 0 Å². The summed E-state index contributed by atoms with van der Waals surface area (Å²) in [4.78, 5) is 0. The maximum atomic E-state index is 12.2. The summed E-state index contributed by atoms with van der Waals surface area (Å²) in [5, 5.41) is -0.125. The first-order valence-electron chi connectivity index (χ1n) is 3.61. The Hall–Kier alpha value is -0.160. The van der Waals surface area contributed by atoms with Crippen LogP contribution >= 0.6 is 23.2 Å². The number of halogens is 6. The molecule has 0 aliphatic heterocycles. The van der Waals surface area contributed by atoms with E-state index in [9.17, 15) is 13.2 Å². The van der Waals surface area contributed by atoms with E-state index in [4.69, 9.17) is 28.9 Å². The minimum Gasteiger partial charge on any atom is -1.00 e. The predicted molar refractivity (Wildman–Crippen MR) is 49.4 cm³/mol. The monoisotopic (exact) mass is 278 g/mol. The van der Waals surface area contributed by atoms with E-state index < -0.39 is 11.7 Å². The Bertz CT molecular complexity index is 328. The third kappa shape index (κ3) is 3.41. The zero-order valence-electron chi connectivity index (χ0n) is 7.21. The minimum atomic E-state index is -4.44. The standard InChI is InChI=1S/C8H6Cl2F3N.ClH/c9-6-1-4(8(11,12)13)2-7(10)5(6)3-14;/h1-2H,3,14H2;1H/p-1. The van der Waals surface area contributed by atoms with Gasteiger partial charge in [0.2, 0.25) is 0 Å². The van der Waals surface area contributed by atoms with Crippen LogP contribution in [0.1, 0.15) is 11.1 Å². The summed E-state index contributed by atoms with van der Waals surface area (Å²) < 4.78 is 36.7. The van der Waals surface area contributed by atoms with Gasteiger partial charge in [0.05, 0.1) is 5.56 Å². The molecule has 1 rings (SSSR count). The van der Waals surface area contributed by atoms with Crippen molar-refractivity contribution >= 4 is 23.2 Å². The maximum Gasteiger partial charge on any atom is 0.416 e. The average Bonchev–Trinajstić information content (AvgIpc) is 2.01. The van der Waals surface area contributed by atoms with Gasteiger partial charge in [-0.25, -0.2) is 0 Å². The first-order valence-corrected chi connectivity index (χ1v) is 4.37. The minimum absolute atomic E-state index is 0. The summed E-state index contributed by atoms with van der Waals surface area (Å²) in [7, 11) is 0. The van der Waals surface area contributed by atoms with Gasteiger partial charge in [-0.2, -0.15) is 13.2 Å². The third-order valence-corrected chi connectivity index (χ3v) is 2.35. The highest BCUT2D eigenvalue weighted by Crippen LogP contribution is 2.35. The van der Waals surface area contributed by atoms with Crippen molar-refractivity contribution in [1.82, 2.24) is 0 Å². The second kappa shape index (κ2) is 5.25. The molecular formula is C8H6Cl3F3N-. The fourth-order valence-corrected chi connectivity index (χ4v) is 1.60. The summed E-state index contributed by atoms with van der Waals surface area (Å²) in [5.74, 6) is 0. The van der Waals surface area contributed by atoms with Gasteiger partial charge in [-0.15, -0.1) is 0 Å². The van der Waals surface area contributed by atoms with Gasteiger partial charge < -0.3 is 18.1 Å². The number of rotatable bonds is 1. The molecule has 1 aromatic carbocycles. The second-order valence-electron chi connectivity index (χ2n) is 2.62. The van der Waals surface area contributed by atoms with Gasteiger partial charge in [0, 0.05) is 22.2 Å². The first-order chi connectivity index (χ1) is 6.36. The van der Waals surface area contributed by atoms with E-state index in [-0.39, 0.29) is 29.0 Å². The van der Waals surface area contributed by atoms with Crippen LogP contribution in [0.3, 0.4) is 0 Å². The highest BCUT2D eigenvalue weighted by atomic mass is 35.5. The number of nitrogens with two attached hydrogens (primary N) is 1. The zero-order chi connectivity index (χ0) is 10.9. The molecule has 0 amide bonds. The SMILES string of the molecule is NCc1c(Cl)cc(C(F)(F)F)cc1Cl.[Cl-]. The summed E-state index contributed by atoms with van der Waals surface area (Å²) in [5.41, 5.74) is 4.71. The van der Waals surface area contributed by atoms with Gasteiger partial charge >= 0.3 is 6.18 Å². The molecule has 15 heavy (non-hydrogen) atoms. The van der Waals surface area contributed by atoms with Crippen LogP contribution in [-0.4, -0.2) is 0 Å². The number of alkyl halides is 3. The molecule has 0 unspecified atom stereocenters. The normalized spacial score (nSPS) is 11.1. The van der Waals surface area contributed by atoms with Crippen LogP contribution in [0.2, 0.25) is 10.0 Å². The van der Waals surface area contributed by atoms with Crippen LogP contribution in [-0.2, 0) is 12.7 Å². The topological polar surface area (TPSA) is 26.0 Å². The molecule has 0 fully saturated rings. The van der Waals surface area contributed by atoms with Crippen LogP contribution in [0.15, 0.2) is 12.1 Å². The van der Waals surface area contributed by atoms with E-state index >= 15 is 0 Å². The van der Waals surface area contributed by atoms with Gasteiger partial charge in [-0.1, -0.05) is 23.2 Å². The molecule has 1 nitrogen and oxygen atoms in total. The summed E-state index contributed by atoms with van der Waals surface area (Å²) in [6.45, 7) is 0.00973. The molecule has 0 aliphatic carbocycles. The summed E-state index contributed by atoms with van der Waals surface area (Å²) in [6, 6.07) is 1.63. The van der Waals surface area contributed by atoms with Crippen molar-refractivity contribution in [2.45, 2.75) is 12.7 Å². The van der Waals surface area contributed by atoms with Crippen molar-refractivity contribution in [2.24, 2.45) is 5.73 Å². The molecule has 0 spiro atoms. The largest absolute Gasteiger partial charge is 1.00 e. The maximum absolute atomic E-state index is 12.2. The summed E-state index contributed by atoms with van der Waals surface area (Å²) in [6.07, 6.45) is -4.44. The van der Waals surface area contributed by atoms with E-state index in [1.54, 1.807) is 0 Å². The van der Waals surface area contributed by atoms with Crippen molar-refractivity contribution in [3.05, 3.63) is 33.3 Å². The van der Waals surface area contributed by atoms with E-state index in [0.29, 0.717) is 5.56 Å². The molecule has 1 aromatic rings. The Balaban J connectivity index is 0.00000196. The average molecular weight is 279 g/mol. The number of hydrogen-bond donors (Lipinski definition) is 1. The molecule has 0 saturated heterocycles. The highest BCUT2D eigenvalue weighted by Gasteiger charge is 2.31. The fourth-order valence-electron chi connectivity index (χ4n) is 0.962. The van der Waals surface area contributed by atoms with Gasteiger partial charge in [0.1, 0.15) is 0 Å². The molecule has 0 aliphatic rings. The fraction of sp³-hybridized carbons (Fsp3) is 0.250. The molecule has 0 bridgehead atoms. The first kappa shape index (κ1) is 14.8. The van der Waals surface area contributed by atoms with Crippen LogP contribution < -0.4 is 18.1 Å². The smallest absolute Gasteiger partial charge is 0.416 e. The molecule has 7 heteroatoms. The lowest BCUT2D eigenvalue weighted by Crippen LogP contribution is -3.00. The van der Waals surface area contributed by atoms with E-state index in [1.807, 2.05) is 0 Å². The Morgan fingerprint density at radius 1 is 1.13 bits per heavy atom. The number of hydrogen-bond acceptors (Lipinski definition) is 1. The Morgan fingerprint density at radius 3 is 1.80 bits per heavy atom. The van der Waals surface area contributed by atoms with E-state index in [0.717, 1.165) is 12.1 Å². The highest BCUT2D eigenvalue weighted by molar-refractivity contribution is 6.36. The quantitative estimate of drug-likeness (QED) is 0.795. The van der Waals surface area contributed by atoms with Gasteiger partial charge in [-0.3, -0.25) is 0 Å². The molecule has 0 heterocycles. The van der Waals surface area contributed by atoms with Gasteiger partial charge in [0.15, 0.2) is 0 Å². The molecule has 0 radical (unpaired) electrons. The van der Waals surface area contributed by atoms with Crippen LogP contribution in [0.25, 0.3) is 0 Å². The van der Waals surface area contributed by atoms with Crippen LogP contribution in [0.5, 0.6) is 0 Å². The van der Waals surface area contributed by atoms with E-state index in [1.165, 1.54) is 0 Å². The lowest BCUT2D eigenvalue weighted by molar-refractivity contribution is -0.137. The lowest BCUT2D eigenvalue weighted by atomic mass is 10.1. The Morgan fingerprint density at radius 2 is 1.53 bits per heavy atom. The van der Waals surface area contributed by atoms with Gasteiger partial charge in [-0.05, 0) is 12.1 Å². The predicted octanol–water partition coefficient (Wildman–Crippen LogP) is 0.475. The lowest BCUT2D eigenvalue weighted by Gasteiger charge is -2.10.